The van der Waals surface area contributed by atoms with E-state index in [0.29, 0.717) is 0 Å². The number of rotatable bonds is 7. The predicted octanol–water partition coefficient (Wildman–Crippen LogP) is -0.358. The fourth-order valence-electron chi connectivity index (χ4n) is 1.35. The lowest BCUT2D eigenvalue weighted by Crippen LogP contribution is -2.32. The minimum atomic E-state index is 0.774. The summed E-state index contributed by atoms with van der Waals surface area (Å²) in [5, 5.41) is 15.2. The van der Waals surface area contributed by atoms with E-state index in [1.165, 1.54) is 4.80 Å². The van der Waals surface area contributed by atoms with Crippen LogP contribution in [0.25, 0.3) is 0 Å². The molecule has 0 bridgehead atoms. The highest BCUT2D eigenvalue weighted by Crippen LogP contribution is 1.95. The molecule has 0 atom stereocenters. The minimum absolute atomic E-state index is 0.774. The molecule has 1 aromatic heterocycles. The van der Waals surface area contributed by atoms with Gasteiger partial charge >= 0.3 is 0 Å². The second-order valence-electron chi connectivity index (χ2n) is 3.42. The van der Waals surface area contributed by atoms with Gasteiger partial charge < -0.3 is 5.32 Å². The van der Waals surface area contributed by atoms with Gasteiger partial charge in [0, 0.05) is 13.1 Å². The number of aryl methyl sites for hydroxylation is 1. The molecule has 0 amide bonds. The highest BCUT2D eigenvalue weighted by atomic mass is 15.6. The number of hydrogen-bond acceptors (Lipinski definition) is 5. The zero-order chi connectivity index (χ0) is 11.1. The van der Waals surface area contributed by atoms with Crippen molar-refractivity contribution in [1.82, 2.24) is 30.4 Å². The fraction of sp³-hybridized carbons (Fsp3) is 0.889. The summed E-state index contributed by atoms with van der Waals surface area (Å²) in [5.74, 6) is 0.788. The summed E-state index contributed by atoms with van der Waals surface area (Å²) in [6, 6.07) is 0. The maximum atomic E-state index is 4.16. The number of hydrogen-bond donors (Lipinski definition) is 1. The van der Waals surface area contributed by atoms with Crippen LogP contribution >= 0.6 is 0 Å². The summed E-state index contributed by atoms with van der Waals surface area (Å²) in [4.78, 5) is 3.78. The summed E-state index contributed by atoms with van der Waals surface area (Å²) >= 11 is 0. The Kier molecular flexibility index (Phi) is 5.20. The molecule has 86 valence electrons. The van der Waals surface area contributed by atoms with Crippen molar-refractivity contribution >= 4 is 0 Å². The van der Waals surface area contributed by atoms with Crippen LogP contribution < -0.4 is 5.32 Å². The Labute approximate surface area is 90.6 Å². The average molecular weight is 212 g/mol. The summed E-state index contributed by atoms with van der Waals surface area (Å²) in [5.41, 5.74) is 0. The Bertz CT molecular complexity index is 271. The molecule has 0 fully saturated rings. The highest BCUT2D eigenvalue weighted by Gasteiger charge is 2.06. The lowest BCUT2D eigenvalue weighted by atomic mass is 10.4. The quantitative estimate of drug-likeness (QED) is 0.626. The third-order valence-corrected chi connectivity index (χ3v) is 2.22. The van der Waals surface area contributed by atoms with E-state index < -0.39 is 0 Å². The van der Waals surface area contributed by atoms with E-state index in [1.54, 1.807) is 7.05 Å². The molecule has 1 rings (SSSR count). The van der Waals surface area contributed by atoms with E-state index in [1.807, 2.05) is 0 Å². The van der Waals surface area contributed by atoms with Crippen LogP contribution in [0.15, 0.2) is 0 Å². The van der Waals surface area contributed by atoms with Crippen LogP contribution in [-0.4, -0.2) is 51.3 Å². The van der Waals surface area contributed by atoms with Crippen molar-refractivity contribution in [3.63, 3.8) is 0 Å². The number of nitrogens with zero attached hydrogens (tertiary/aromatic N) is 5. The van der Waals surface area contributed by atoms with Crippen molar-refractivity contribution in [2.75, 3.05) is 26.2 Å². The van der Waals surface area contributed by atoms with Gasteiger partial charge in [0.2, 0.25) is 0 Å². The van der Waals surface area contributed by atoms with Gasteiger partial charge in [-0.25, -0.2) is 0 Å². The van der Waals surface area contributed by atoms with Gasteiger partial charge in [0.15, 0.2) is 5.82 Å². The van der Waals surface area contributed by atoms with Crippen molar-refractivity contribution in [2.45, 2.75) is 20.4 Å². The summed E-state index contributed by atoms with van der Waals surface area (Å²) in [6.45, 7) is 9.07. The maximum absolute atomic E-state index is 4.16. The van der Waals surface area contributed by atoms with Gasteiger partial charge in [-0.1, -0.05) is 13.8 Å². The van der Waals surface area contributed by atoms with E-state index in [4.69, 9.17) is 0 Å². The molecule has 6 nitrogen and oxygen atoms in total. The van der Waals surface area contributed by atoms with Crippen LogP contribution in [0.4, 0.5) is 0 Å². The van der Waals surface area contributed by atoms with Crippen LogP contribution in [0.2, 0.25) is 0 Å². The topological polar surface area (TPSA) is 58.9 Å². The molecule has 0 aliphatic carbocycles. The Morgan fingerprint density at radius 3 is 2.73 bits per heavy atom. The van der Waals surface area contributed by atoms with Crippen LogP contribution in [-0.2, 0) is 13.6 Å². The van der Waals surface area contributed by atoms with Crippen molar-refractivity contribution in [2.24, 2.45) is 7.05 Å². The second-order valence-corrected chi connectivity index (χ2v) is 3.42. The predicted molar refractivity (Wildman–Crippen MR) is 58.3 cm³/mol. The lowest BCUT2D eigenvalue weighted by molar-refractivity contribution is 0.273. The molecule has 1 N–H and O–H groups in total. The second kappa shape index (κ2) is 6.47. The van der Waals surface area contributed by atoms with E-state index >= 15 is 0 Å². The Morgan fingerprint density at radius 1 is 1.40 bits per heavy atom. The molecule has 1 heterocycles. The van der Waals surface area contributed by atoms with E-state index in [0.717, 1.165) is 38.5 Å². The largest absolute Gasteiger partial charge is 0.316 e. The van der Waals surface area contributed by atoms with Gasteiger partial charge in [-0.15, -0.1) is 10.2 Å². The minimum Gasteiger partial charge on any atom is -0.316 e. The van der Waals surface area contributed by atoms with Crippen LogP contribution in [0.1, 0.15) is 19.7 Å². The van der Waals surface area contributed by atoms with Crippen molar-refractivity contribution in [3.8, 4) is 0 Å². The molecular formula is C9H20N6. The molecular weight excluding hydrogens is 192 g/mol. The van der Waals surface area contributed by atoms with Gasteiger partial charge in [0.05, 0.1) is 13.6 Å². The first kappa shape index (κ1) is 12.1. The van der Waals surface area contributed by atoms with Gasteiger partial charge in [-0.3, -0.25) is 4.90 Å². The molecule has 0 spiro atoms. The fourth-order valence-corrected chi connectivity index (χ4v) is 1.35. The first-order valence-electron chi connectivity index (χ1n) is 5.42. The van der Waals surface area contributed by atoms with Crippen molar-refractivity contribution in [1.29, 1.82) is 0 Å². The standard InChI is InChI=1S/C9H20N6/c1-4-10-6-7-15(5-2)8-9-11-13-14(3)12-9/h10H,4-8H2,1-3H3. The zero-order valence-corrected chi connectivity index (χ0v) is 9.77. The first-order chi connectivity index (χ1) is 7.26. The molecule has 0 saturated heterocycles. The van der Waals surface area contributed by atoms with Gasteiger partial charge in [0.25, 0.3) is 0 Å². The van der Waals surface area contributed by atoms with Gasteiger partial charge in [-0.05, 0) is 18.3 Å². The normalized spacial score (nSPS) is 11.2. The molecule has 0 aromatic carbocycles. The third-order valence-electron chi connectivity index (χ3n) is 2.22. The Balaban J connectivity index is 2.33. The number of likely N-dealkylation sites (N-methyl/N-ethyl adjacent to an activating group) is 2. The summed E-state index contributed by atoms with van der Waals surface area (Å²) in [6.07, 6.45) is 0. The van der Waals surface area contributed by atoms with Crippen molar-refractivity contribution in [3.05, 3.63) is 5.82 Å². The SMILES string of the molecule is CCNCCN(CC)Cc1nnn(C)n1. The van der Waals surface area contributed by atoms with Crippen LogP contribution in [0.3, 0.4) is 0 Å². The summed E-state index contributed by atoms with van der Waals surface area (Å²) < 4.78 is 0. The number of tetrazole rings is 1. The molecule has 0 radical (unpaired) electrons. The Morgan fingerprint density at radius 2 is 2.20 bits per heavy atom. The molecule has 0 aliphatic rings. The molecule has 0 unspecified atom stereocenters. The number of aromatic nitrogens is 4. The van der Waals surface area contributed by atoms with Crippen LogP contribution in [0, 0.1) is 0 Å². The molecule has 6 heteroatoms. The van der Waals surface area contributed by atoms with Crippen LogP contribution in [0.5, 0.6) is 0 Å². The third kappa shape index (κ3) is 4.35. The molecule has 0 aliphatic heterocycles. The van der Waals surface area contributed by atoms with Gasteiger partial charge in [0.1, 0.15) is 0 Å². The molecule has 1 aromatic rings. The lowest BCUT2D eigenvalue weighted by Gasteiger charge is -2.18. The number of nitrogens with one attached hydrogen (secondary N) is 1. The van der Waals surface area contributed by atoms with E-state index in [9.17, 15) is 0 Å². The first-order valence-corrected chi connectivity index (χ1v) is 5.42. The zero-order valence-electron chi connectivity index (χ0n) is 9.77. The van der Waals surface area contributed by atoms with Crippen molar-refractivity contribution < 1.29 is 0 Å². The molecule has 0 saturated carbocycles. The highest BCUT2D eigenvalue weighted by molar-refractivity contribution is 4.76. The Hall–Kier alpha value is -1.01. The van der Waals surface area contributed by atoms with E-state index in [2.05, 4.69) is 39.5 Å². The smallest absolute Gasteiger partial charge is 0.188 e. The molecule has 15 heavy (non-hydrogen) atoms. The monoisotopic (exact) mass is 212 g/mol. The van der Waals surface area contributed by atoms with Gasteiger partial charge in [-0.2, -0.15) is 4.80 Å². The average Bonchev–Trinajstić information content (AvgIpc) is 2.63. The van der Waals surface area contributed by atoms with E-state index in [-0.39, 0.29) is 0 Å². The summed E-state index contributed by atoms with van der Waals surface area (Å²) in [7, 11) is 1.78. The maximum Gasteiger partial charge on any atom is 0.188 e.